The van der Waals surface area contributed by atoms with Crippen LogP contribution >= 0.6 is 23.6 Å². The van der Waals surface area contributed by atoms with Crippen LogP contribution in [0.15, 0.2) is 0 Å². The lowest BCUT2D eigenvalue weighted by Gasteiger charge is -2.47. The summed E-state index contributed by atoms with van der Waals surface area (Å²) >= 11 is 6.62. The maximum atomic E-state index is 12.5. The first-order valence-electron chi connectivity index (χ1n) is 7.67. The Morgan fingerprint density at radius 3 is 3.05 bits per heavy atom. The number of thiazole rings is 1. The molecule has 21 heavy (non-hydrogen) atoms. The van der Waals surface area contributed by atoms with E-state index < -0.39 is 5.60 Å². The number of likely N-dealkylation sites (tertiary alicyclic amines) is 1. The topological polar surface area (TPSA) is 56.3 Å². The smallest absolute Gasteiger partial charge is 0.227 e. The number of carbonyl (C=O) groups excluding carboxylic acids is 1. The van der Waals surface area contributed by atoms with Crippen molar-refractivity contribution in [3.63, 3.8) is 0 Å². The van der Waals surface area contributed by atoms with Crippen molar-refractivity contribution in [2.24, 2.45) is 5.92 Å². The molecule has 0 aromatic carbocycles. The molecule has 116 valence electrons. The van der Waals surface area contributed by atoms with Crippen molar-refractivity contribution in [2.75, 3.05) is 13.1 Å². The van der Waals surface area contributed by atoms with Gasteiger partial charge in [-0.15, -0.1) is 11.3 Å². The van der Waals surface area contributed by atoms with Crippen LogP contribution in [0.25, 0.3) is 0 Å². The first-order chi connectivity index (χ1) is 9.98. The van der Waals surface area contributed by atoms with Crippen molar-refractivity contribution >= 4 is 29.5 Å². The number of hydrogen-bond donors (Lipinski definition) is 2. The molecule has 2 atom stereocenters. The second-order valence-corrected chi connectivity index (χ2v) is 8.15. The summed E-state index contributed by atoms with van der Waals surface area (Å²) in [6, 6.07) is 0. The first-order valence-corrected chi connectivity index (χ1v) is 8.89. The molecule has 6 heteroatoms. The molecule has 0 bridgehead atoms. The average Bonchev–Trinajstić information content (AvgIpc) is 2.75. The lowest BCUT2D eigenvalue weighted by Crippen LogP contribution is -2.54. The van der Waals surface area contributed by atoms with Crippen molar-refractivity contribution in [2.45, 2.75) is 51.0 Å². The number of hydrogen-bond acceptors (Lipinski definition) is 4. The Balaban J connectivity index is 1.66. The monoisotopic (exact) mass is 326 g/mol. The lowest BCUT2D eigenvalue weighted by atomic mass is 9.71. The molecule has 2 fully saturated rings. The van der Waals surface area contributed by atoms with E-state index in [0.717, 1.165) is 40.2 Å². The van der Waals surface area contributed by atoms with E-state index in [1.807, 2.05) is 11.8 Å². The molecule has 0 unspecified atom stereocenters. The van der Waals surface area contributed by atoms with Crippen LogP contribution in [0.2, 0.25) is 0 Å². The summed E-state index contributed by atoms with van der Waals surface area (Å²) < 4.78 is 0.732. The number of nitrogens with one attached hydrogen (secondary N) is 1. The van der Waals surface area contributed by atoms with Gasteiger partial charge in [-0.1, -0.05) is 12.8 Å². The Kier molecular flexibility index (Phi) is 4.21. The van der Waals surface area contributed by atoms with E-state index in [-0.39, 0.29) is 11.8 Å². The standard InChI is InChI=1S/C15H22N2O2S2/c1-10-12(21-14(20)16-10)8-13(18)17-7-6-15(19)5-3-2-4-11(15)9-17/h11,19H,2-9H2,1H3,(H,16,20)/t11-,15-/m1/s1. The third kappa shape index (κ3) is 3.07. The Hall–Kier alpha value is -0.720. The fourth-order valence-electron chi connectivity index (χ4n) is 3.65. The van der Waals surface area contributed by atoms with Gasteiger partial charge in [0, 0.05) is 29.6 Å². The molecule has 1 amide bonds. The molecule has 1 saturated heterocycles. The van der Waals surface area contributed by atoms with Gasteiger partial charge in [-0.3, -0.25) is 4.79 Å². The molecule has 1 aromatic heterocycles. The molecule has 0 spiro atoms. The minimum Gasteiger partial charge on any atom is -0.389 e. The van der Waals surface area contributed by atoms with Gasteiger partial charge in [-0.2, -0.15) is 0 Å². The highest BCUT2D eigenvalue weighted by atomic mass is 32.1. The SMILES string of the molecule is Cc1[nH]c(=S)sc1CC(=O)N1CC[C@]2(O)CCCC[C@@H]2C1. The summed E-state index contributed by atoms with van der Waals surface area (Å²) in [6.45, 7) is 3.36. The van der Waals surface area contributed by atoms with Crippen LogP contribution < -0.4 is 0 Å². The van der Waals surface area contributed by atoms with Gasteiger partial charge < -0.3 is 15.0 Å². The van der Waals surface area contributed by atoms with E-state index in [0.29, 0.717) is 19.5 Å². The number of amides is 1. The van der Waals surface area contributed by atoms with Gasteiger partial charge >= 0.3 is 0 Å². The van der Waals surface area contributed by atoms with E-state index in [1.165, 1.54) is 17.8 Å². The number of piperidine rings is 1. The van der Waals surface area contributed by atoms with Gasteiger partial charge in [-0.25, -0.2) is 0 Å². The highest BCUT2D eigenvalue weighted by molar-refractivity contribution is 7.73. The maximum absolute atomic E-state index is 12.5. The molecule has 0 radical (unpaired) electrons. The minimum absolute atomic E-state index is 0.163. The molecule has 2 N–H and O–H groups in total. The predicted octanol–water partition coefficient (Wildman–Crippen LogP) is 2.81. The van der Waals surface area contributed by atoms with Gasteiger partial charge in [0.15, 0.2) is 3.95 Å². The highest BCUT2D eigenvalue weighted by Gasteiger charge is 2.43. The summed E-state index contributed by atoms with van der Waals surface area (Å²) in [5.41, 5.74) is 0.486. The van der Waals surface area contributed by atoms with Crippen LogP contribution in [-0.2, 0) is 11.2 Å². The molecule has 1 aromatic rings. The van der Waals surface area contributed by atoms with Gasteiger partial charge in [0.2, 0.25) is 5.91 Å². The Bertz CT molecular complexity index is 595. The molecule has 1 aliphatic carbocycles. The molecule has 4 nitrogen and oxygen atoms in total. The van der Waals surface area contributed by atoms with E-state index in [4.69, 9.17) is 12.2 Å². The van der Waals surface area contributed by atoms with Crippen molar-refractivity contribution in [1.82, 2.24) is 9.88 Å². The zero-order valence-corrected chi connectivity index (χ0v) is 14.0. The summed E-state index contributed by atoms with van der Waals surface area (Å²) in [6.07, 6.45) is 5.39. The summed E-state index contributed by atoms with van der Waals surface area (Å²) in [5, 5.41) is 10.7. The molecular weight excluding hydrogens is 304 g/mol. The van der Waals surface area contributed by atoms with Gasteiger partial charge in [0.25, 0.3) is 0 Å². The third-order valence-corrected chi connectivity index (χ3v) is 6.35. The molecule has 1 aliphatic heterocycles. The largest absolute Gasteiger partial charge is 0.389 e. The number of carbonyl (C=O) groups is 1. The average molecular weight is 326 g/mol. The zero-order chi connectivity index (χ0) is 15.0. The first kappa shape index (κ1) is 15.2. The molecule has 2 aliphatic rings. The number of H-pyrrole nitrogens is 1. The fourth-order valence-corrected chi connectivity index (χ4v) is 4.93. The van der Waals surface area contributed by atoms with Crippen molar-refractivity contribution in [1.29, 1.82) is 0 Å². The number of aromatic nitrogens is 1. The third-order valence-electron chi connectivity index (χ3n) is 5.02. The van der Waals surface area contributed by atoms with Crippen LogP contribution in [0.5, 0.6) is 0 Å². The minimum atomic E-state index is -0.518. The van der Waals surface area contributed by atoms with Crippen molar-refractivity contribution < 1.29 is 9.90 Å². The second kappa shape index (κ2) is 5.82. The second-order valence-electron chi connectivity index (χ2n) is 6.38. The number of rotatable bonds is 2. The summed E-state index contributed by atoms with van der Waals surface area (Å²) in [4.78, 5) is 18.6. The number of aromatic amines is 1. The number of fused-ring (bicyclic) bond motifs is 1. The quantitative estimate of drug-likeness (QED) is 0.822. The normalized spacial score (nSPS) is 29.2. The Morgan fingerprint density at radius 1 is 1.52 bits per heavy atom. The van der Waals surface area contributed by atoms with Gasteiger partial charge in [-0.05, 0) is 38.4 Å². The van der Waals surface area contributed by atoms with Gasteiger partial charge in [0.1, 0.15) is 0 Å². The number of nitrogens with zero attached hydrogens (tertiary/aromatic N) is 1. The summed E-state index contributed by atoms with van der Waals surface area (Å²) in [5.74, 6) is 0.422. The number of aryl methyl sites for hydroxylation is 1. The van der Waals surface area contributed by atoms with E-state index >= 15 is 0 Å². The number of aliphatic hydroxyl groups is 1. The molecule has 3 rings (SSSR count). The highest BCUT2D eigenvalue weighted by Crippen LogP contribution is 2.39. The summed E-state index contributed by atoms with van der Waals surface area (Å²) in [7, 11) is 0. The van der Waals surface area contributed by atoms with E-state index in [2.05, 4.69) is 4.98 Å². The van der Waals surface area contributed by atoms with Crippen LogP contribution in [-0.4, -0.2) is 39.6 Å². The lowest BCUT2D eigenvalue weighted by molar-refractivity contribution is -0.142. The van der Waals surface area contributed by atoms with Crippen molar-refractivity contribution in [3.05, 3.63) is 14.5 Å². The zero-order valence-electron chi connectivity index (χ0n) is 12.4. The molecular formula is C15H22N2O2S2. The van der Waals surface area contributed by atoms with Crippen LogP contribution in [0.3, 0.4) is 0 Å². The maximum Gasteiger partial charge on any atom is 0.227 e. The molecule has 1 saturated carbocycles. The van der Waals surface area contributed by atoms with E-state index in [1.54, 1.807) is 0 Å². The van der Waals surface area contributed by atoms with Crippen LogP contribution in [0, 0.1) is 16.8 Å². The van der Waals surface area contributed by atoms with Crippen LogP contribution in [0.1, 0.15) is 42.7 Å². The van der Waals surface area contributed by atoms with Gasteiger partial charge in [0.05, 0.1) is 12.0 Å². The van der Waals surface area contributed by atoms with Crippen molar-refractivity contribution in [3.8, 4) is 0 Å². The predicted molar refractivity (Wildman–Crippen MR) is 86.0 cm³/mol. The van der Waals surface area contributed by atoms with E-state index in [9.17, 15) is 9.90 Å². The Morgan fingerprint density at radius 2 is 2.33 bits per heavy atom. The fraction of sp³-hybridized carbons (Fsp3) is 0.733. The van der Waals surface area contributed by atoms with Crippen LogP contribution in [0.4, 0.5) is 0 Å². The Labute approximate surface area is 134 Å². The molecule has 2 heterocycles.